The number of carbonyl (C=O) groups is 3. The molecule has 2 aromatic rings. The van der Waals surface area contributed by atoms with Crippen LogP contribution in [0.15, 0.2) is 48.5 Å². The number of nitrogens with one attached hydrogen (secondary N) is 2. The molecule has 3 N–H and O–H groups in total. The number of fused-ring (bicyclic) bond motifs is 3. The van der Waals surface area contributed by atoms with E-state index in [0.29, 0.717) is 0 Å². The monoisotopic (exact) mass is 464 g/mol. The highest BCUT2D eigenvalue weighted by Crippen LogP contribution is 2.44. The second kappa shape index (κ2) is 10.7. The minimum absolute atomic E-state index is 0.0192. The van der Waals surface area contributed by atoms with Gasteiger partial charge in [0.05, 0.1) is 6.42 Å². The van der Waals surface area contributed by atoms with Crippen molar-refractivity contribution in [3.05, 3.63) is 59.7 Å². The molecule has 7 heteroatoms. The highest BCUT2D eigenvalue weighted by atomic mass is 16.5. The van der Waals surface area contributed by atoms with Gasteiger partial charge in [0, 0.05) is 24.4 Å². The number of hydrogen-bond donors (Lipinski definition) is 3. The molecule has 1 saturated carbocycles. The maximum absolute atomic E-state index is 12.5. The summed E-state index contributed by atoms with van der Waals surface area (Å²) in [5, 5.41) is 14.9. The average molecular weight is 465 g/mol. The van der Waals surface area contributed by atoms with Crippen molar-refractivity contribution in [2.24, 2.45) is 5.92 Å². The van der Waals surface area contributed by atoms with Crippen LogP contribution in [0.2, 0.25) is 0 Å². The van der Waals surface area contributed by atoms with E-state index in [1.165, 1.54) is 11.1 Å². The van der Waals surface area contributed by atoms with Crippen molar-refractivity contribution < 1.29 is 24.2 Å². The Labute approximate surface area is 199 Å². The molecule has 0 unspecified atom stereocenters. The lowest BCUT2D eigenvalue weighted by atomic mass is 9.82. The van der Waals surface area contributed by atoms with Crippen LogP contribution in [0.4, 0.5) is 4.79 Å². The first-order valence-corrected chi connectivity index (χ1v) is 12.0. The fourth-order valence-corrected chi connectivity index (χ4v) is 5.30. The summed E-state index contributed by atoms with van der Waals surface area (Å²) in [6.45, 7) is 1.98. The van der Waals surface area contributed by atoms with Crippen LogP contribution in [0.25, 0.3) is 11.1 Å². The molecule has 1 fully saturated rings. The fraction of sp³-hybridized carbons (Fsp3) is 0.444. The second-order valence-corrected chi connectivity index (χ2v) is 9.39. The molecule has 180 valence electrons. The van der Waals surface area contributed by atoms with Gasteiger partial charge in [0.25, 0.3) is 0 Å². The first-order chi connectivity index (χ1) is 16.4. The maximum Gasteiger partial charge on any atom is 0.407 e. The molecule has 3 atom stereocenters. The number of hydrogen-bond acceptors (Lipinski definition) is 4. The number of ether oxygens (including phenoxy) is 1. The van der Waals surface area contributed by atoms with Gasteiger partial charge in [0.1, 0.15) is 6.61 Å². The molecule has 0 heterocycles. The minimum atomic E-state index is -0.837. The fourth-order valence-electron chi connectivity index (χ4n) is 5.30. The van der Waals surface area contributed by atoms with Crippen LogP contribution in [0, 0.1) is 5.92 Å². The van der Waals surface area contributed by atoms with Crippen molar-refractivity contribution in [3.63, 3.8) is 0 Å². The Morgan fingerprint density at radius 2 is 1.62 bits per heavy atom. The molecule has 0 aromatic heterocycles. The molecule has 2 aromatic carbocycles. The van der Waals surface area contributed by atoms with Crippen molar-refractivity contribution in [2.45, 2.75) is 63.5 Å². The van der Waals surface area contributed by atoms with E-state index < -0.39 is 18.1 Å². The molecule has 2 amide bonds. The molecule has 0 spiro atoms. The molecular weight excluding hydrogens is 432 g/mol. The summed E-state index contributed by atoms with van der Waals surface area (Å²) in [7, 11) is 0. The average Bonchev–Trinajstić information content (AvgIpc) is 3.12. The Morgan fingerprint density at radius 1 is 1.00 bits per heavy atom. The molecule has 34 heavy (non-hydrogen) atoms. The number of alkyl carbamates (subject to hydrolysis) is 1. The van der Waals surface area contributed by atoms with E-state index in [1.54, 1.807) is 6.92 Å². The third-order valence-corrected chi connectivity index (χ3v) is 6.89. The smallest absolute Gasteiger partial charge is 0.407 e. The van der Waals surface area contributed by atoms with E-state index in [1.807, 2.05) is 24.3 Å². The van der Waals surface area contributed by atoms with Gasteiger partial charge in [-0.05, 0) is 47.9 Å². The number of carbonyl (C=O) groups excluding carboxylic acids is 2. The van der Waals surface area contributed by atoms with Crippen molar-refractivity contribution in [1.82, 2.24) is 10.6 Å². The lowest BCUT2D eigenvalue weighted by Crippen LogP contribution is -2.45. The predicted octanol–water partition coefficient (Wildman–Crippen LogP) is 4.45. The van der Waals surface area contributed by atoms with Crippen LogP contribution in [0.5, 0.6) is 0 Å². The summed E-state index contributed by atoms with van der Waals surface area (Å²) >= 11 is 0. The number of amides is 2. The minimum Gasteiger partial charge on any atom is -0.481 e. The van der Waals surface area contributed by atoms with E-state index in [4.69, 9.17) is 9.84 Å². The van der Waals surface area contributed by atoms with Gasteiger partial charge in [0.15, 0.2) is 0 Å². The van der Waals surface area contributed by atoms with Gasteiger partial charge >= 0.3 is 12.1 Å². The van der Waals surface area contributed by atoms with Gasteiger partial charge in [-0.25, -0.2) is 4.79 Å². The lowest BCUT2D eigenvalue weighted by molar-refractivity contribution is -0.139. The number of benzene rings is 2. The molecule has 2 aliphatic rings. The number of carboxylic acid groups (broad SMARTS) is 1. The molecular formula is C27H32N2O5. The first-order valence-electron chi connectivity index (χ1n) is 12.0. The van der Waals surface area contributed by atoms with Crippen molar-refractivity contribution in [2.75, 3.05) is 6.61 Å². The molecule has 0 saturated heterocycles. The van der Waals surface area contributed by atoms with Gasteiger partial charge < -0.3 is 20.5 Å². The predicted molar refractivity (Wildman–Crippen MR) is 128 cm³/mol. The molecule has 7 nitrogen and oxygen atoms in total. The summed E-state index contributed by atoms with van der Waals surface area (Å²) in [5.74, 6) is -1.08. The van der Waals surface area contributed by atoms with Crippen LogP contribution in [0.1, 0.15) is 62.5 Å². The second-order valence-electron chi connectivity index (χ2n) is 9.39. The van der Waals surface area contributed by atoms with E-state index in [2.05, 4.69) is 34.9 Å². The van der Waals surface area contributed by atoms with Crippen LogP contribution in [0.3, 0.4) is 0 Å². The Hall–Kier alpha value is -3.35. The van der Waals surface area contributed by atoms with Gasteiger partial charge in [-0.2, -0.15) is 0 Å². The van der Waals surface area contributed by atoms with Gasteiger partial charge in [-0.15, -0.1) is 0 Å². The highest BCUT2D eigenvalue weighted by molar-refractivity contribution is 5.80. The molecule has 0 bridgehead atoms. The van der Waals surface area contributed by atoms with Crippen LogP contribution < -0.4 is 10.6 Å². The summed E-state index contributed by atoms with van der Waals surface area (Å²) in [4.78, 5) is 36.1. The summed E-state index contributed by atoms with van der Waals surface area (Å²) in [5.41, 5.74) is 4.63. The topological polar surface area (TPSA) is 105 Å². The number of rotatable bonds is 8. The molecule has 0 radical (unpaired) electrons. The van der Waals surface area contributed by atoms with Gasteiger partial charge in [0.2, 0.25) is 5.91 Å². The van der Waals surface area contributed by atoms with Crippen molar-refractivity contribution >= 4 is 18.0 Å². The summed E-state index contributed by atoms with van der Waals surface area (Å²) in [6, 6.07) is 15.8. The summed E-state index contributed by atoms with van der Waals surface area (Å²) in [6.07, 6.45) is 3.20. The highest BCUT2D eigenvalue weighted by Gasteiger charge is 2.30. The largest absolute Gasteiger partial charge is 0.481 e. The Morgan fingerprint density at radius 3 is 2.26 bits per heavy atom. The standard InChI is InChI=1S/C27H32N2O5/c1-17(14-25(30)29-24-13-7-2-8-18(24)15-26(31)32)28-27(33)34-16-23-21-11-5-3-9-19(21)20-10-4-6-12-22(20)23/h3-6,9-12,17-18,23-24H,2,7-8,13-16H2,1H3,(H,28,33)(H,29,30)(H,31,32)/t17-,18+,24+/m0/s1. The third-order valence-electron chi connectivity index (χ3n) is 6.89. The molecule has 4 rings (SSSR count). The van der Waals surface area contributed by atoms with Crippen molar-refractivity contribution in [3.8, 4) is 11.1 Å². The quantitative estimate of drug-likeness (QED) is 0.535. The van der Waals surface area contributed by atoms with E-state index >= 15 is 0 Å². The molecule has 0 aliphatic heterocycles. The number of carboxylic acids is 1. The van der Waals surface area contributed by atoms with Gasteiger partial charge in [-0.3, -0.25) is 9.59 Å². The zero-order valence-electron chi connectivity index (χ0n) is 19.5. The van der Waals surface area contributed by atoms with E-state index in [9.17, 15) is 14.4 Å². The Balaban J connectivity index is 1.27. The third kappa shape index (κ3) is 5.58. The zero-order chi connectivity index (χ0) is 24.1. The zero-order valence-corrected chi connectivity index (χ0v) is 19.5. The first kappa shape index (κ1) is 23.8. The number of aliphatic carboxylic acids is 1. The van der Waals surface area contributed by atoms with E-state index in [-0.39, 0.29) is 43.2 Å². The van der Waals surface area contributed by atoms with Crippen molar-refractivity contribution in [1.29, 1.82) is 0 Å². The van der Waals surface area contributed by atoms with Crippen LogP contribution >= 0.6 is 0 Å². The van der Waals surface area contributed by atoms with Crippen LogP contribution in [-0.4, -0.2) is 41.8 Å². The molecule has 2 aliphatic carbocycles. The van der Waals surface area contributed by atoms with E-state index in [0.717, 1.165) is 36.8 Å². The van der Waals surface area contributed by atoms with Crippen LogP contribution in [-0.2, 0) is 14.3 Å². The Kier molecular flexibility index (Phi) is 7.50. The SMILES string of the molecule is C[C@@H](CC(=O)N[C@@H]1CCCC[C@@H]1CC(=O)O)NC(=O)OCC1c2ccccc2-c2ccccc21. The summed E-state index contributed by atoms with van der Waals surface area (Å²) < 4.78 is 5.56. The Bertz CT molecular complexity index is 1010. The normalized spacial score (nSPS) is 20.0. The van der Waals surface area contributed by atoms with Gasteiger partial charge in [-0.1, -0.05) is 61.4 Å². The maximum atomic E-state index is 12.5. The lowest BCUT2D eigenvalue weighted by Gasteiger charge is -2.31.